The fraction of sp³-hybridized carbons (Fsp3) is 0.562. The Balaban J connectivity index is 1.86. The van der Waals surface area contributed by atoms with E-state index in [4.69, 9.17) is 12.2 Å². The van der Waals surface area contributed by atoms with Crippen LogP contribution in [-0.2, 0) is 10.0 Å². The number of hydrogen-bond donors (Lipinski definition) is 0. The Morgan fingerprint density at radius 2 is 1.69 bits per heavy atom. The Hall–Kier alpha value is -1.23. The van der Waals surface area contributed by atoms with Gasteiger partial charge in [0.05, 0.1) is 14.7 Å². The summed E-state index contributed by atoms with van der Waals surface area (Å²) in [5.74, 6) is 0. The maximum absolute atomic E-state index is 12.8. The first-order chi connectivity index (χ1) is 12.4. The Labute approximate surface area is 162 Å². The first-order valence-electron chi connectivity index (χ1n) is 8.65. The molecule has 2 aliphatic heterocycles. The predicted molar refractivity (Wildman–Crippen MR) is 105 cm³/mol. The van der Waals surface area contributed by atoms with Crippen molar-refractivity contribution in [1.29, 1.82) is 0 Å². The van der Waals surface area contributed by atoms with E-state index in [1.807, 2.05) is 4.90 Å². The number of rotatable bonds is 4. The molecule has 0 N–H and O–H groups in total. The molecule has 2 saturated heterocycles. The van der Waals surface area contributed by atoms with E-state index in [2.05, 4.69) is 0 Å². The molecule has 7 nitrogen and oxygen atoms in total. The van der Waals surface area contributed by atoms with Gasteiger partial charge in [-0.15, -0.1) is 0 Å². The maximum Gasteiger partial charge on any atom is 0.284 e. The lowest BCUT2D eigenvalue weighted by Gasteiger charge is -2.25. The number of hydrogen-bond acceptors (Lipinski definition) is 6. The van der Waals surface area contributed by atoms with Crippen LogP contribution in [0.4, 0.5) is 5.69 Å². The lowest BCUT2D eigenvalue weighted by molar-refractivity contribution is -0.387. The van der Waals surface area contributed by atoms with Gasteiger partial charge in [0.25, 0.3) is 5.69 Å². The highest BCUT2D eigenvalue weighted by atomic mass is 32.2. The number of nitro benzene ring substituents is 1. The molecule has 1 aromatic rings. The average molecular weight is 416 g/mol. The number of thiocarbonyl (C=S) groups is 1. The standard InChI is InChI=1S/C16H21N3O4S3/c20-19(21)14-12-13(26(22,23)18-10-2-1-3-11-18)6-7-15(14)25-16(24)17-8-4-5-9-17/h6-7,12H,1-5,8-11H2. The summed E-state index contributed by atoms with van der Waals surface area (Å²) in [6.45, 7) is 2.65. The summed E-state index contributed by atoms with van der Waals surface area (Å²) >= 11 is 6.55. The van der Waals surface area contributed by atoms with Crippen LogP contribution in [0, 0.1) is 10.1 Å². The van der Waals surface area contributed by atoms with Gasteiger partial charge in [-0.25, -0.2) is 8.42 Å². The second kappa shape index (κ2) is 8.20. The Morgan fingerprint density at radius 1 is 1.08 bits per heavy atom. The van der Waals surface area contributed by atoms with Crippen molar-refractivity contribution in [1.82, 2.24) is 9.21 Å². The molecule has 0 spiro atoms. The first-order valence-corrected chi connectivity index (χ1v) is 11.3. The van der Waals surface area contributed by atoms with Crippen molar-refractivity contribution in [3.8, 4) is 0 Å². The normalized spacial score (nSPS) is 18.8. The van der Waals surface area contributed by atoms with Crippen molar-refractivity contribution in [2.45, 2.75) is 41.9 Å². The zero-order valence-corrected chi connectivity index (χ0v) is 16.7. The highest BCUT2D eigenvalue weighted by Crippen LogP contribution is 2.34. The van der Waals surface area contributed by atoms with Crippen LogP contribution in [-0.4, -0.2) is 53.0 Å². The van der Waals surface area contributed by atoms with Gasteiger partial charge in [-0.3, -0.25) is 10.1 Å². The van der Waals surface area contributed by atoms with E-state index in [0.29, 0.717) is 22.3 Å². The largest absolute Gasteiger partial charge is 0.357 e. The number of piperidine rings is 1. The van der Waals surface area contributed by atoms with E-state index in [1.54, 1.807) is 0 Å². The molecule has 0 saturated carbocycles. The van der Waals surface area contributed by atoms with Crippen LogP contribution in [0.25, 0.3) is 0 Å². The van der Waals surface area contributed by atoms with Crippen molar-refractivity contribution in [3.63, 3.8) is 0 Å². The van der Waals surface area contributed by atoms with E-state index in [-0.39, 0.29) is 10.6 Å². The quantitative estimate of drug-likeness (QED) is 0.323. The zero-order chi connectivity index (χ0) is 18.7. The van der Waals surface area contributed by atoms with Gasteiger partial charge in [-0.1, -0.05) is 30.4 Å². The number of thioether (sulfide) groups is 1. The van der Waals surface area contributed by atoms with Gasteiger partial charge < -0.3 is 4.90 Å². The first kappa shape index (κ1) is 19.5. The Kier molecular flexibility index (Phi) is 6.16. The summed E-state index contributed by atoms with van der Waals surface area (Å²) in [5, 5.41) is 11.5. The topological polar surface area (TPSA) is 83.8 Å². The van der Waals surface area contributed by atoms with Crippen LogP contribution >= 0.6 is 24.0 Å². The molecule has 2 fully saturated rings. The lowest BCUT2D eigenvalue weighted by Crippen LogP contribution is -2.35. The van der Waals surface area contributed by atoms with Crippen molar-refractivity contribution in [2.75, 3.05) is 26.2 Å². The minimum atomic E-state index is -3.70. The zero-order valence-electron chi connectivity index (χ0n) is 14.3. The summed E-state index contributed by atoms with van der Waals surface area (Å²) in [4.78, 5) is 13.4. The van der Waals surface area contributed by atoms with Gasteiger partial charge in [0.2, 0.25) is 10.0 Å². The van der Waals surface area contributed by atoms with Gasteiger partial charge in [0, 0.05) is 32.2 Å². The molecular formula is C16H21N3O4S3. The summed E-state index contributed by atoms with van der Waals surface area (Å²) in [5.41, 5.74) is -0.213. The van der Waals surface area contributed by atoms with Gasteiger partial charge in [-0.05, 0) is 37.8 Å². The molecule has 0 bridgehead atoms. The Morgan fingerprint density at radius 3 is 2.31 bits per heavy atom. The molecule has 3 rings (SSSR count). The van der Waals surface area contributed by atoms with E-state index < -0.39 is 14.9 Å². The molecule has 1 aromatic carbocycles. The fourth-order valence-corrected chi connectivity index (χ4v) is 6.06. The second-order valence-corrected chi connectivity index (χ2v) is 10.0. The van der Waals surface area contributed by atoms with Crippen LogP contribution in [0.3, 0.4) is 0 Å². The van der Waals surface area contributed by atoms with Crippen molar-refractivity contribution < 1.29 is 13.3 Å². The lowest BCUT2D eigenvalue weighted by atomic mass is 10.2. The molecule has 2 heterocycles. The summed E-state index contributed by atoms with van der Waals surface area (Å²) in [6, 6.07) is 4.12. The molecule has 26 heavy (non-hydrogen) atoms. The molecule has 142 valence electrons. The van der Waals surface area contributed by atoms with Gasteiger partial charge in [-0.2, -0.15) is 4.31 Å². The van der Waals surface area contributed by atoms with Gasteiger partial charge in [0.1, 0.15) is 4.32 Å². The van der Waals surface area contributed by atoms with Crippen LogP contribution in [0.15, 0.2) is 28.0 Å². The number of likely N-dealkylation sites (tertiary alicyclic amines) is 1. The SMILES string of the molecule is O=[N+]([O-])c1cc(S(=O)(=O)N2CCCCC2)ccc1SC(=S)N1CCCC1. The average Bonchev–Trinajstić information content (AvgIpc) is 3.17. The molecule has 0 aliphatic carbocycles. The van der Waals surface area contributed by atoms with Crippen molar-refractivity contribution in [3.05, 3.63) is 28.3 Å². The minimum absolute atomic E-state index is 0.0254. The highest BCUT2D eigenvalue weighted by Gasteiger charge is 2.29. The van der Waals surface area contributed by atoms with E-state index in [9.17, 15) is 18.5 Å². The van der Waals surface area contributed by atoms with Crippen LogP contribution < -0.4 is 0 Å². The third-order valence-electron chi connectivity index (χ3n) is 4.64. The maximum atomic E-state index is 12.8. The third kappa shape index (κ3) is 4.19. The molecular weight excluding hydrogens is 394 g/mol. The number of sulfonamides is 1. The summed E-state index contributed by atoms with van der Waals surface area (Å²) < 4.78 is 27.5. The van der Waals surface area contributed by atoms with Crippen LogP contribution in [0.5, 0.6) is 0 Å². The monoisotopic (exact) mass is 415 g/mol. The molecule has 2 aliphatic rings. The fourth-order valence-electron chi connectivity index (χ4n) is 3.20. The van der Waals surface area contributed by atoms with Gasteiger partial charge in [0.15, 0.2) is 0 Å². The van der Waals surface area contributed by atoms with Crippen molar-refractivity contribution in [2.24, 2.45) is 0 Å². The highest BCUT2D eigenvalue weighted by molar-refractivity contribution is 8.23. The Bertz CT molecular complexity index is 801. The third-order valence-corrected chi connectivity index (χ3v) is 8.04. The van der Waals surface area contributed by atoms with Crippen LogP contribution in [0.2, 0.25) is 0 Å². The molecule has 10 heteroatoms. The van der Waals surface area contributed by atoms with E-state index >= 15 is 0 Å². The summed E-state index contributed by atoms with van der Waals surface area (Å²) in [7, 11) is -3.70. The van der Waals surface area contributed by atoms with E-state index in [1.165, 1.54) is 22.5 Å². The smallest absolute Gasteiger partial charge is 0.284 e. The van der Waals surface area contributed by atoms with E-state index in [0.717, 1.165) is 57.0 Å². The van der Waals surface area contributed by atoms with Gasteiger partial charge >= 0.3 is 0 Å². The molecule has 0 atom stereocenters. The van der Waals surface area contributed by atoms with Crippen molar-refractivity contribution >= 4 is 44.0 Å². The number of nitro groups is 1. The molecule has 0 aromatic heterocycles. The van der Waals surface area contributed by atoms with Crippen LogP contribution in [0.1, 0.15) is 32.1 Å². The summed E-state index contributed by atoms with van der Waals surface area (Å²) in [6.07, 6.45) is 4.78. The molecule has 0 amide bonds. The second-order valence-electron chi connectivity index (χ2n) is 6.41. The molecule has 0 unspecified atom stereocenters. The number of nitrogens with zero attached hydrogens (tertiary/aromatic N) is 3. The molecule has 0 radical (unpaired) electrons. The minimum Gasteiger partial charge on any atom is -0.357 e. The predicted octanol–water partition coefficient (Wildman–Crippen LogP) is 3.24. The number of benzene rings is 1.